The molecule has 1 N–H and O–H groups in total. The lowest BCUT2D eigenvalue weighted by Crippen LogP contribution is -2.16. The summed E-state index contributed by atoms with van der Waals surface area (Å²) in [6.07, 6.45) is 1.04. The minimum Gasteiger partial charge on any atom is -0.497 e. The van der Waals surface area contributed by atoms with E-state index in [4.69, 9.17) is 9.72 Å². The first kappa shape index (κ1) is 15.4. The van der Waals surface area contributed by atoms with E-state index in [0.717, 1.165) is 35.9 Å². The van der Waals surface area contributed by atoms with Crippen LogP contribution in [0.2, 0.25) is 0 Å². The molecule has 2 heterocycles. The molecule has 5 nitrogen and oxygen atoms in total. The first-order chi connectivity index (χ1) is 12.2. The van der Waals surface area contributed by atoms with Gasteiger partial charge in [-0.05, 0) is 49.2 Å². The first-order valence-corrected chi connectivity index (χ1v) is 8.35. The zero-order valence-corrected chi connectivity index (χ0v) is 14.4. The SMILES string of the molecule is COc1ccc(Nc2nc(C)cc(N3CCc4ccccc43)n2)cc1. The van der Waals surface area contributed by atoms with Crippen molar-refractivity contribution in [2.24, 2.45) is 0 Å². The van der Waals surface area contributed by atoms with Gasteiger partial charge in [-0.25, -0.2) is 4.98 Å². The third-order valence-electron chi connectivity index (χ3n) is 4.35. The van der Waals surface area contributed by atoms with Gasteiger partial charge in [0.1, 0.15) is 11.6 Å². The molecule has 2 aromatic carbocycles. The van der Waals surface area contributed by atoms with Crippen LogP contribution in [-0.4, -0.2) is 23.6 Å². The van der Waals surface area contributed by atoms with Gasteiger partial charge in [0.25, 0.3) is 0 Å². The van der Waals surface area contributed by atoms with Gasteiger partial charge in [-0.1, -0.05) is 18.2 Å². The second-order valence-electron chi connectivity index (χ2n) is 6.07. The van der Waals surface area contributed by atoms with E-state index in [1.807, 2.05) is 37.3 Å². The zero-order chi connectivity index (χ0) is 17.2. The lowest BCUT2D eigenvalue weighted by molar-refractivity contribution is 0.415. The van der Waals surface area contributed by atoms with Crippen LogP contribution in [0.1, 0.15) is 11.3 Å². The van der Waals surface area contributed by atoms with Gasteiger partial charge in [0.05, 0.1) is 7.11 Å². The van der Waals surface area contributed by atoms with E-state index in [0.29, 0.717) is 5.95 Å². The van der Waals surface area contributed by atoms with Crippen molar-refractivity contribution < 1.29 is 4.74 Å². The lowest BCUT2D eigenvalue weighted by Gasteiger charge is -2.19. The molecule has 0 radical (unpaired) electrons. The van der Waals surface area contributed by atoms with E-state index in [1.54, 1.807) is 7.11 Å². The largest absolute Gasteiger partial charge is 0.497 e. The van der Waals surface area contributed by atoms with Crippen LogP contribution in [0.4, 0.5) is 23.1 Å². The molecule has 1 aliphatic rings. The van der Waals surface area contributed by atoms with E-state index >= 15 is 0 Å². The molecular weight excluding hydrogens is 312 g/mol. The number of ether oxygens (including phenoxy) is 1. The Kier molecular flexibility index (Phi) is 3.98. The number of fused-ring (bicyclic) bond motifs is 1. The molecule has 0 saturated carbocycles. The third-order valence-corrected chi connectivity index (χ3v) is 4.35. The highest BCUT2D eigenvalue weighted by atomic mass is 16.5. The number of para-hydroxylation sites is 1. The van der Waals surface area contributed by atoms with Crippen LogP contribution in [0.5, 0.6) is 5.75 Å². The number of nitrogens with one attached hydrogen (secondary N) is 1. The summed E-state index contributed by atoms with van der Waals surface area (Å²) in [5, 5.41) is 3.28. The number of anilines is 4. The Bertz CT molecular complexity index is 892. The van der Waals surface area contributed by atoms with Crippen LogP contribution in [0.3, 0.4) is 0 Å². The number of aryl methyl sites for hydroxylation is 1. The van der Waals surface area contributed by atoms with Crippen molar-refractivity contribution in [1.29, 1.82) is 0 Å². The number of benzene rings is 2. The Morgan fingerprint density at radius 2 is 1.84 bits per heavy atom. The fourth-order valence-corrected chi connectivity index (χ4v) is 3.13. The van der Waals surface area contributed by atoms with E-state index in [2.05, 4.69) is 39.5 Å². The third kappa shape index (κ3) is 3.13. The molecule has 0 saturated heterocycles. The van der Waals surface area contributed by atoms with Gasteiger partial charge in [0, 0.05) is 29.7 Å². The predicted molar refractivity (Wildman–Crippen MR) is 100 cm³/mol. The van der Waals surface area contributed by atoms with Crippen molar-refractivity contribution in [3.05, 3.63) is 65.9 Å². The van der Waals surface area contributed by atoms with E-state index in [9.17, 15) is 0 Å². The Hall–Kier alpha value is -3.08. The lowest BCUT2D eigenvalue weighted by atomic mass is 10.2. The topological polar surface area (TPSA) is 50.3 Å². The summed E-state index contributed by atoms with van der Waals surface area (Å²) >= 11 is 0. The molecule has 126 valence electrons. The number of methoxy groups -OCH3 is 1. The van der Waals surface area contributed by atoms with Crippen molar-refractivity contribution in [3.8, 4) is 5.75 Å². The average Bonchev–Trinajstić information content (AvgIpc) is 3.06. The molecule has 0 atom stereocenters. The van der Waals surface area contributed by atoms with Gasteiger partial charge >= 0.3 is 0 Å². The molecule has 3 aromatic rings. The van der Waals surface area contributed by atoms with Gasteiger partial charge in [-0.3, -0.25) is 0 Å². The highest BCUT2D eigenvalue weighted by molar-refractivity contribution is 5.68. The van der Waals surface area contributed by atoms with Crippen molar-refractivity contribution in [3.63, 3.8) is 0 Å². The standard InChI is InChI=1S/C20H20N4O/c1-14-13-19(24-12-11-15-5-3-4-6-18(15)24)23-20(21-14)22-16-7-9-17(25-2)10-8-16/h3-10,13H,11-12H2,1-2H3,(H,21,22,23). The maximum Gasteiger partial charge on any atom is 0.229 e. The molecule has 25 heavy (non-hydrogen) atoms. The molecule has 0 spiro atoms. The summed E-state index contributed by atoms with van der Waals surface area (Å²) in [6, 6.07) is 18.2. The normalized spacial score (nSPS) is 12.8. The minimum atomic E-state index is 0.601. The molecule has 0 aliphatic carbocycles. The monoisotopic (exact) mass is 332 g/mol. The van der Waals surface area contributed by atoms with Crippen LogP contribution < -0.4 is 15.0 Å². The number of hydrogen-bond acceptors (Lipinski definition) is 5. The number of aromatic nitrogens is 2. The van der Waals surface area contributed by atoms with Crippen molar-refractivity contribution >= 4 is 23.1 Å². The molecule has 1 aliphatic heterocycles. The minimum absolute atomic E-state index is 0.601. The predicted octanol–water partition coefficient (Wildman–Crippen LogP) is 4.23. The van der Waals surface area contributed by atoms with Crippen molar-refractivity contribution in [1.82, 2.24) is 9.97 Å². The van der Waals surface area contributed by atoms with Crippen molar-refractivity contribution in [2.45, 2.75) is 13.3 Å². The summed E-state index contributed by atoms with van der Waals surface area (Å²) < 4.78 is 5.19. The highest BCUT2D eigenvalue weighted by Gasteiger charge is 2.21. The van der Waals surface area contributed by atoms with E-state index in [-0.39, 0.29) is 0 Å². The molecule has 4 rings (SSSR count). The highest BCUT2D eigenvalue weighted by Crippen LogP contribution is 2.34. The van der Waals surface area contributed by atoms with Gasteiger partial charge in [-0.2, -0.15) is 4.98 Å². The molecule has 1 aromatic heterocycles. The quantitative estimate of drug-likeness (QED) is 0.775. The number of nitrogens with zero attached hydrogens (tertiary/aromatic N) is 3. The second kappa shape index (κ2) is 6.43. The van der Waals surface area contributed by atoms with Crippen LogP contribution in [0.25, 0.3) is 0 Å². The summed E-state index contributed by atoms with van der Waals surface area (Å²) in [5.41, 5.74) is 4.46. The van der Waals surface area contributed by atoms with E-state index in [1.165, 1.54) is 11.3 Å². The molecule has 0 bridgehead atoms. The Balaban J connectivity index is 1.63. The maximum absolute atomic E-state index is 5.19. The fourth-order valence-electron chi connectivity index (χ4n) is 3.13. The molecular formula is C20H20N4O. The fraction of sp³-hybridized carbons (Fsp3) is 0.200. The zero-order valence-electron chi connectivity index (χ0n) is 14.4. The van der Waals surface area contributed by atoms with Gasteiger partial charge < -0.3 is 15.0 Å². The maximum atomic E-state index is 5.19. The summed E-state index contributed by atoms with van der Waals surface area (Å²) in [7, 11) is 1.66. The second-order valence-corrected chi connectivity index (χ2v) is 6.07. The Morgan fingerprint density at radius 3 is 2.64 bits per heavy atom. The Morgan fingerprint density at radius 1 is 1.04 bits per heavy atom. The summed E-state index contributed by atoms with van der Waals surface area (Å²) in [5.74, 6) is 2.35. The van der Waals surface area contributed by atoms with Crippen LogP contribution in [-0.2, 0) is 6.42 Å². The van der Waals surface area contributed by atoms with Gasteiger partial charge in [0.15, 0.2) is 0 Å². The van der Waals surface area contributed by atoms with E-state index < -0.39 is 0 Å². The summed E-state index contributed by atoms with van der Waals surface area (Å²) in [4.78, 5) is 11.5. The molecule has 5 heteroatoms. The molecule has 0 unspecified atom stereocenters. The van der Waals surface area contributed by atoms with Gasteiger partial charge in [0.2, 0.25) is 5.95 Å². The van der Waals surface area contributed by atoms with Crippen molar-refractivity contribution in [2.75, 3.05) is 23.9 Å². The van der Waals surface area contributed by atoms with Crippen LogP contribution in [0, 0.1) is 6.92 Å². The van der Waals surface area contributed by atoms with Gasteiger partial charge in [-0.15, -0.1) is 0 Å². The van der Waals surface area contributed by atoms with Crippen LogP contribution >= 0.6 is 0 Å². The molecule has 0 fully saturated rings. The first-order valence-electron chi connectivity index (χ1n) is 8.35. The number of hydrogen-bond donors (Lipinski definition) is 1. The molecule has 0 amide bonds. The van der Waals surface area contributed by atoms with Crippen LogP contribution in [0.15, 0.2) is 54.6 Å². The smallest absolute Gasteiger partial charge is 0.229 e. The average molecular weight is 332 g/mol. The summed E-state index contributed by atoms with van der Waals surface area (Å²) in [6.45, 7) is 2.93. The Labute approximate surface area is 147 Å². The number of rotatable bonds is 4.